The Hall–Kier alpha value is -3.09. The second-order valence-electron chi connectivity index (χ2n) is 4.46. The van der Waals surface area contributed by atoms with Gasteiger partial charge in [0.25, 0.3) is 5.91 Å². The summed E-state index contributed by atoms with van der Waals surface area (Å²) in [5, 5.41) is 13.6. The number of aryl methyl sites for hydroxylation is 1. The van der Waals surface area contributed by atoms with E-state index >= 15 is 0 Å². The number of phenolic OH excluding ortho intramolecular Hbond substituents is 1. The van der Waals surface area contributed by atoms with E-state index in [2.05, 4.69) is 10.5 Å². The number of carbonyl (C=O) groups excluding carboxylic acids is 1. The Morgan fingerprint density at radius 2 is 2.14 bits per heavy atom. The van der Waals surface area contributed by atoms with Gasteiger partial charge in [0.1, 0.15) is 0 Å². The number of hydrogen-bond donors (Lipinski definition) is 2. The van der Waals surface area contributed by atoms with Gasteiger partial charge in [-0.1, -0.05) is 6.07 Å². The second-order valence-corrected chi connectivity index (χ2v) is 4.46. The number of para-hydroxylation sites is 1. The highest BCUT2D eigenvalue weighted by atomic mass is 16.5. The summed E-state index contributed by atoms with van der Waals surface area (Å²) in [7, 11) is 2.99. The third-order valence-corrected chi connectivity index (χ3v) is 2.97. The Balaban J connectivity index is 2.10. The molecule has 1 aromatic heterocycles. The number of hydrogen-bond acceptors (Lipinski definition) is 5. The van der Waals surface area contributed by atoms with E-state index in [0.717, 1.165) is 0 Å². The number of ether oxygens (including phenoxy) is 1. The van der Waals surface area contributed by atoms with Crippen molar-refractivity contribution in [2.45, 2.75) is 0 Å². The largest absolute Gasteiger partial charge is 0.504 e. The first-order valence-corrected chi connectivity index (χ1v) is 6.39. The van der Waals surface area contributed by atoms with Crippen LogP contribution < -0.4 is 15.7 Å². The standard InChI is InChI=1S/C15H15N3O4/c1-18-9-11(6-7-13(18)19)15(21)17-16-8-10-4-3-5-12(22-2)14(10)20/h3-9,20H,1-2H3,(H,17,21)/b16-8-. The highest BCUT2D eigenvalue weighted by molar-refractivity contribution is 5.94. The number of amides is 1. The molecule has 2 aromatic rings. The van der Waals surface area contributed by atoms with Crippen LogP contribution in [0.1, 0.15) is 15.9 Å². The lowest BCUT2D eigenvalue weighted by atomic mass is 10.2. The smallest absolute Gasteiger partial charge is 0.272 e. The monoisotopic (exact) mass is 301 g/mol. The lowest BCUT2D eigenvalue weighted by Crippen LogP contribution is -2.22. The summed E-state index contributed by atoms with van der Waals surface area (Å²) in [6, 6.07) is 7.63. The van der Waals surface area contributed by atoms with Gasteiger partial charge in [0.2, 0.25) is 5.56 Å². The van der Waals surface area contributed by atoms with Crippen LogP contribution in [-0.2, 0) is 7.05 Å². The van der Waals surface area contributed by atoms with Gasteiger partial charge in [-0.25, -0.2) is 5.43 Å². The average molecular weight is 301 g/mol. The fourth-order valence-corrected chi connectivity index (χ4v) is 1.76. The van der Waals surface area contributed by atoms with Gasteiger partial charge in [0.05, 0.1) is 18.9 Å². The van der Waals surface area contributed by atoms with Gasteiger partial charge in [-0.15, -0.1) is 0 Å². The van der Waals surface area contributed by atoms with Crippen molar-refractivity contribution in [2.75, 3.05) is 7.11 Å². The molecule has 0 bridgehead atoms. The van der Waals surface area contributed by atoms with Crippen LogP contribution in [-0.4, -0.2) is 28.9 Å². The van der Waals surface area contributed by atoms with Gasteiger partial charge in [0.15, 0.2) is 11.5 Å². The molecule has 7 heteroatoms. The molecular formula is C15H15N3O4. The summed E-state index contributed by atoms with van der Waals surface area (Å²) in [5.41, 5.74) is 2.82. The lowest BCUT2D eigenvalue weighted by molar-refractivity contribution is 0.0954. The van der Waals surface area contributed by atoms with Crippen molar-refractivity contribution in [1.82, 2.24) is 9.99 Å². The topological polar surface area (TPSA) is 92.9 Å². The Labute approximate surface area is 126 Å². The molecule has 2 N–H and O–H groups in total. The van der Waals surface area contributed by atoms with Gasteiger partial charge in [-0.3, -0.25) is 9.59 Å². The van der Waals surface area contributed by atoms with Crippen molar-refractivity contribution < 1.29 is 14.6 Å². The highest BCUT2D eigenvalue weighted by Gasteiger charge is 2.07. The number of phenols is 1. The molecule has 7 nitrogen and oxygen atoms in total. The van der Waals surface area contributed by atoms with E-state index in [1.54, 1.807) is 25.2 Å². The van der Waals surface area contributed by atoms with Crippen LogP contribution in [0.3, 0.4) is 0 Å². The predicted molar refractivity (Wildman–Crippen MR) is 81.4 cm³/mol. The summed E-state index contributed by atoms with van der Waals surface area (Å²) in [4.78, 5) is 23.1. The molecule has 0 saturated carbocycles. The zero-order chi connectivity index (χ0) is 16.1. The number of methoxy groups -OCH3 is 1. The van der Waals surface area contributed by atoms with E-state index < -0.39 is 5.91 Å². The van der Waals surface area contributed by atoms with Crippen LogP contribution in [0, 0.1) is 0 Å². The molecule has 0 saturated heterocycles. The number of hydrazone groups is 1. The fourth-order valence-electron chi connectivity index (χ4n) is 1.76. The van der Waals surface area contributed by atoms with Gasteiger partial charge < -0.3 is 14.4 Å². The van der Waals surface area contributed by atoms with Crippen molar-refractivity contribution >= 4 is 12.1 Å². The number of carbonyl (C=O) groups is 1. The number of aromatic nitrogens is 1. The molecule has 0 unspecified atom stereocenters. The minimum absolute atomic E-state index is 0.0647. The Kier molecular flexibility index (Phi) is 4.57. The van der Waals surface area contributed by atoms with Crippen LogP contribution in [0.2, 0.25) is 0 Å². The van der Waals surface area contributed by atoms with E-state index in [-0.39, 0.29) is 11.3 Å². The maximum atomic E-state index is 11.9. The normalized spacial score (nSPS) is 10.6. The predicted octanol–water partition coefficient (Wildman–Crippen LogP) is 0.863. The number of pyridine rings is 1. The maximum absolute atomic E-state index is 11.9. The Morgan fingerprint density at radius 1 is 1.36 bits per heavy atom. The van der Waals surface area contributed by atoms with E-state index in [0.29, 0.717) is 16.9 Å². The quantitative estimate of drug-likeness (QED) is 0.647. The maximum Gasteiger partial charge on any atom is 0.272 e. The van der Waals surface area contributed by atoms with Crippen LogP contribution in [0.15, 0.2) is 46.4 Å². The summed E-state index contributed by atoms with van der Waals surface area (Å²) in [6.45, 7) is 0. The minimum Gasteiger partial charge on any atom is -0.504 e. The first-order valence-electron chi connectivity index (χ1n) is 6.39. The molecule has 0 spiro atoms. The molecule has 1 amide bonds. The molecule has 0 atom stereocenters. The third kappa shape index (κ3) is 3.32. The van der Waals surface area contributed by atoms with Crippen molar-refractivity contribution in [3.8, 4) is 11.5 Å². The molecule has 22 heavy (non-hydrogen) atoms. The molecule has 0 aliphatic heterocycles. The zero-order valence-electron chi connectivity index (χ0n) is 12.1. The highest BCUT2D eigenvalue weighted by Crippen LogP contribution is 2.27. The van der Waals surface area contributed by atoms with Crippen molar-refractivity contribution in [3.05, 3.63) is 58.0 Å². The number of rotatable bonds is 4. The summed E-state index contributed by atoms with van der Waals surface area (Å²) in [5.74, 6) is -0.215. The molecule has 114 valence electrons. The van der Waals surface area contributed by atoms with Gasteiger partial charge in [-0.05, 0) is 18.2 Å². The average Bonchev–Trinajstić information content (AvgIpc) is 2.51. The minimum atomic E-state index is -0.464. The van der Waals surface area contributed by atoms with Crippen LogP contribution in [0.5, 0.6) is 11.5 Å². The number of benzene rings is 1. The Bertz CT molecular complexity index is 781. The van der Waals surface area contributed by atoms with E-state index in [1.165, 1.54) is 36.2 Å². The SMILES string of the molecule is COc1cccc(/C=N\NC(=O)c2ccc(=O)n(C)c2)c1O. The zero-order valence-corrected chi connectivity index (χ0v) is 12.1. The molecule has 1 aromatic carbocycles. The second kappa shape index (κ2) is 6.57. The molecule has 1 heterocycles. The number of nitrogens with zero attached hydrogens (tertiary/aromatic N) is 2. The molecular weight excluding hydrogens is 286 g/mol. The molecule has 0 radical (unpaired) electrons. The van der Waals surface area contributed by atoms with Crippen molar-refractivity contribution in [2.24, 2.45) is 12.1 Å². The summed E-state index contributed by atoms with van der Waals surface area (Å²) < 4.78 is 6.27. The summed E-state index contributed by atoms with van der Waals surface area (Å²) >= 11 is 0. The van der Waals surface area contributed by atoms with Crippen LogP contribution >= 0.6 is 0 Å². The van der Waals surface area contributed by atoms with E-state index in [1.807, 2.05) is 0 Å². The van der Waals surface area contributed by atoms with Crippen LogP contribution in [0.4, 0.5) is 0 Å². The van der Waals surface area contributed by atoms with Gasteiger partial charge >= 0.3 is 0 Å². The lowest BCUT2D eigenvalue weighted by Gasteiger charge is -2.05. The van der Waals surface area contributed by atoms with Crippen molar-refractivity contribution in [3.63, 3.8) is 0 Å². The molecule has 2 rings (SSSR count). The van der Waals surface area contributed by atoms with E-state index in [4.69, 9.17) is 4.74 Å². The molecule has 0 fully saturated rings. The third-order valence-electron chi connectivity index (χ3n) is 2.97. The van der Waals surface area contributed by atoms with Crippen LogP contribution in [0.25, 0.3) is 0 Å². The van der Waals surface area contributed by atoms with Gasteiger partial charge in [-0.2, -0.15) is 5.10 Å². The molecule has 0 aliphatic carbocycles. The first-order chi connectivity index (χ1) is 10.5. The van der Waals surface area contributed by atoms with Gasteiger partial charge in [0, 0.05) is 24.9 Å². The summed E-state index contributed by atoms with van der Waals surface area (Å²) in [6.07, 6.45) is 2.72. The first kappa shape index (κ1) is 15.3. The fraction of sp³-hybridized carbons (Fsp3) is 0.133. The van der Waals surface area contributed by atoms with E-state index in [9.17, 15) is 14.7 Å². The van der Waals surface area contributed by atoms with Crippen molar-refractivity contribution in [1.29, 1.82) is 0 Å². The molecule has 0 aliphatic rings. The Morgan fingerprint density at radius 3 is 2.82 bits per heavy atom. The number of nitrogens with one attached hydrogen (secondary N) is 1. The number of aromatic hydroxyl groups is 1.